The van der Waals surface area contributed by atoms with Crippen molar-refractivity contribution in [3.8, 4) is 0 Å². The van der Waals surface area contributed by atoms with Gasteiger partial charge in [-0.25, -0.2) is 0 Å². The highest BCUT2D eigenvalue weighted by Gasteiger charge is 2.26. The first-order chi connectivity index (χ1) is 8.01. The molecule has 0 fully saturated rings. The average Bonchev–Trinajstić information content (AvgIpc) is 2.64. The largest absolute Gasteiger partial charge is 0.401 e. The van der Waals surface area contributed by atoms with Gasteiger partial charge in [-0.05, 0) is 6.42 Å². The highest BCUT2D eigenvalue weighted by Crippen LogP contribution is 2.12. The lowest BCUT2D eigenvalue weighted by molar-refractivity contribution is -0.125. The molecular formula is C9H14F3N3O2. The van der Waals surface area contributed by atoms with Gasteiger partial charge in [0.15, 0.2) is 5.82 Å². The van der Waals surface area contributed by atoms with E-state index in [1.807, 2.05) is 0 Å². The quantitative estimate of drug-likeness (QED) is 0.742. The predicted octanol–water partition coefficient (Wildman–Crippen LogP) is 1.30. The van der Waals surface area contributed by atoms with E-state index in [1.54, 1.807) is 7.11 Å². The molecule has 0 aromatic carbocycles. The van der Waals surface area contributed by atoms with Crippen LogP contribution in [-0.2, 0) is 17.7 Å². The number of hydrogen-bond acceptors (Lipinski definition) is 5. The number of ether oxygens (including phenoxy) is 1. The summed E-state index contributed by atoms with van der Waals surface area (Å²) in [6.07, 6.45) is -2.91. The van der Waals surface area contributed by atoms with Crippen LogP contribution >= 0.6 is 0 Å². The molecule has 0 unspecified atom stereocenters. The van der Waals surface area contributed by atoms with E-state index in [1.165, 1.54) is 0 Å². The number of halogens is 3. The minimum atomic E-state index is -4.23. The van der Waals surface area contributed by atoms with E-state index < -0.39 is 12.7 Å². The standard InChI is InChI=1S/C9H14F3N3O2/c1-16-4-2-3-7-14-8(17-15-7)5-13-6-9(10,11)12/h13H,2-6H2,1H3. The van der Waals surface area contributed by atoms with Crippen molar-refractivity contribution < 1.29 is 22.4 Å². The lowest BCUT2D eigenvalue weighted by Gasteiger charge is -2.05. The first-order valence-electron chi connectivity index (χ1n) is 5.09. The van der Waals surface area contributed by atoms with Crippen LogP contribution in [0.25, 0.3) is 0 Å². The molecule has 0 aliphatic carbocycles. The maximum absolute atomic E-state index is 11.8. The smallest absolute Gasteiger partial charge is 0.385 e. The molecule has 17 heavy (non-hydrogen) atoms. The van der Waals surface area contributed by atoms with Crippen molar-refractivity contribution in [1.82, 2.24) is 15.5 Å². The van der Waals surface area contributed by atoms with E-state index in [2.05, 4.69) is 15.5 Å². The summed E-state index contributed by atoms with van der Waals surface area (Å²) in [4.78, 5) is 3.94. The van der Waals surface area contributed by atoms with Gasteiger partial charge in [-0.1, -0.05) is 5.16 Å². The zero-order valence-electron chi connectivity index (χ0n) is 9.38. The summed E-state index contributed by atoms with van der Waals surface area (Å²) in [6.45, 7) is -0.582. The Morgan fingerprint density at radius 1 is 1.41 bits per heavy atom. The number of methoxy groups -OCH3 is 1. The predicted molar refractivity (Wildman–Crippen MR) is 52.3 cm³/mol. The molecule has 0 saturated carbocycles. The molecule has 0 aliphatic rings. The van der Waals surface area contributed by atoms with Gasteiger partial charge in [0, 0.05) is 20.1 Å². The van der Waals surface area contributed by atoms with E-state index in [-0.39, 0.29) is 12.4 Å². The maximum Gasteiger partial charge on any atom is 0.401 e. The Morgan fingerprint density at radius 2 is 2.18 bits per heavy atom. The Hall–Kier alpha value is -1.15. The van der Waals surface area contributed by atoms with Crippen LogP contribution in [0, 0.1) is 0 Å². The Balaban J connectivity index is 2.26. The lowest BCUT2D eigenvalue weighted by Crippen LogP contribution is -2.28. The van der Waals surface area contributed by atoms with E-state index in [9.17, 15) is 13.2 Å². The molecule has 0 bridgehead atoms. The number of hydrogen-bond donors (Lipinski definition) is 1. The van der Waals surface area contributed by atoms with Crippen molar-refractivity contribution in [2.45, 2.75) is 25.6 Å². The molecule has 98 valence electrons. The molecule has 0 atom stereocenters. The number of nitrogens with one attached hydrogen (secondary N) is 1. The van der Waals surface area contributed by atoms with E-state index in [0.717, 1.165) is 6.42 Å². The molecule has 8 heteroatoms. The number of rotatable bonds is 7. The molecular weight excluding hydrogens is 239 g/mol. The SMILES string of the molecule is COCCCc1noc(CNCC(F)(F)F)n1. The van der Waals surface area contributed by atoms with E-state index >= 15 is 0 Å². The summed E-state index contributed by atoms with van der Waals surface area (Å²) in [7, 11) is 1.59. The van der Waals surface area contributed by atoms with Gasteiger partial charge < -0.3 is 14.6 Å². The van der Waals surface area contributed by atoms with Crippen LogP contribution in [0.15, 0.2) is 4.52 Å². The highest BCUT2D eigenvalue weighted by molar-refractivity contribution is 4.86. The maximum atomic E-state index is 11.8. The van der Waals surface area contributed by atoms with Gasteiger partial charge in [0.25, 0.3) is 0 Å². The van der Waals surface area contributed by atoms with Gasteiger partial charge in [0.2, 0.25) is 5.89 Å². The minimum absolute atomic E-state index is 0.0865. The molecule has 1 aromatic heterocycles. The Labute approximate surface area is 96.3 Å². The molecule has 0 spiro atoms. The van der Waals surface area contributed by atoms with Crippen LogP contribution < -0.4 is 5.32 Å². The zero-order chi connectivity index (χ0) is 12.7. The van der Waals surface area contributed by atoms with Crippen LogP contribution in [0.2, 0.25) is 0 Å². The van der Waals surface area contributed by atoms with Crippen molar-refractivity contribution in [3.05, 3.63) is 11.7 Å². The minimum Gasteiger partial charge on any atom is -0.385 e. The lowest BCUT2D eigenvalue weighted by atomic mass is 10.3. The van der Waals surface area contributed by atoms with Crippen molar-refractivity contribution in [3.63, 3.8) is 0 Å². The van der Waals surface area contributed by atoms with Gasteiger partial charge in [0.1, 0.15) is 0 Å². The second-order valence-corrected chi connectivity index (χ2v) is 3.42. The fourth-order valence-corrected chi connectivity index (χ4v) is 1.15. The molecule has 0 amide bonds. The average molecular weight is 253 g/mol. The number of aryl methyl sites for hydroxylation is 1. The fraction of sp³-hybridized carbons (Fsp3) is 0.778. The normalized spacial score (nSPS) is 12.0. The third kappa shape index (κ3) is 6.22. The molecule has 1 rings (SSSR count). The second kappa shape index (κ2) is 6.55. The number of alkyl halides is 3. The summed E-state index contributed by atoms with van der Waals surface area (Å²) in [5.74, 6) is 0.632. The third-order valence-electron chi connectivity index (χ3n) is 1.86. The molecule has 1 heterocycles. The van der Waals surface area contributed by atoms with Gasteiger partial charge >= 0.3 is 6.18 Å². The Bertz CT molecular complexity index is 328. The van der Waals surface area contributed by atoms with Crippen LogP contribution in [0.3, 0.4) is 0 Å². The van der Waals surface area contributed by atoms with Gasteiger partial charge in [-0.3, -0.25) is 0 Å². The summed E-state index contributed by atoms with van der Waals surface area (Å²) in [5, 5.41) is 5.82. The van der Waals surface area contributed by atoms with E-state index in [0.29, 0.717) is 18.9 Å². The van der Waals surface area contributed by atoms with Gasteiger partial charge in [0.05, 0.1) is 13.1 Å². The van der Waals surface area contributed by atoms with Crippen LogP contribution in [0.5, 0.6) is 0 Å². The number of aromatic nitrogens is 2. The van der Waals surface area contributed by atoms with Crippen LogP contribution in [0.4, 0.5) is 13.2 Å². The summed E-state index contributed by atoms with van der Waals surface area (Å²) in [6, 6.07) is 0. The molecule has 5 nitrogen and oxygen atoms in total. The first-order valence-corrected chi connectivity index (χ1v) is 5.09. The van der Waals surface area contributed by atoms with Crippen molar-refractivity contribution in [2.75, 3.05) is 20.3 Å². The van der Waals surface area contributed by atoms with E-state index in [4.69, 9.17) is 9.26 Å². The van der Waals surface area contributed by atoms with Crippen LogP contribution in [0.1, 0.15) is 18.1 Å². The molecule has 1 aromatic rings. The highest BCUT2D eigenvalue weighted by atomic mass is 19.4. The Kier molecular flexibility index (Phi) is 5.36. The van der Waals surface area contributed by atoms with Gasteiger partial charge in [-0.15, -0.1) is 0 Å². The van der Waals surface area contributed by atoms with Gasteiger partial charge in [-0.2, -0.15) is 18.2 Å². The zero-order valence-corrected chi connectivity index (χ0v) is 9.38. The molecule has 1 N–H and O–H groups in total. The summed E-state index contributed by atoms with van der Waals surface area (Å²) < 4.78 is 45.1. The first kappa shape index (κ1) is 13.9. The fourth-order valence-electron chi connectivity index (χ4n) is 1.15. The molecule has 0 aliphatic heterocycles. The van der Waals surface area contributed by atoms with Crippen molar-refractivity contribution in [1.29, 1.82) is 0 Å². The van der Waals surface area contributed by atoms with Crippen molar-refractivity contribution in [2.24, 2.45) is 0 Å². The third-order valence-corrected chi connectivity index (χ3v) is 1.86. The molecule has 0 radical (unpaired) electrons. The summed E-state index contributed by atoms with van der Waals surface area (Å²) in [5.41, 5.74) is 0. The second-order valence-electron chi connectivity index (χ2n) is 3.42. The monoisotopic (exact) mass is 253 g/mol. The van der Waals surface area contributed by atoms with Crippen LogP contribution in [-0.4, -0.2) is 36.6 Å². The Morgan fingerprint density at radius 3 is 2.82 bits per heavy atom. The van der Waals surface area contributed by atoms with Crippen molar-refractivity contribution >= 4 is 0 Å². The molecule has 0 saturated heterocycles. The topological polar surface area (TPSA) is 60.2 Å². The number of nitrogens with zero attached hydrogens (tertiary/aromatic N) is 2. The summed E-state index contributed by atoms with van der Waals surface area (Å²) >= 11 is 0.